The summed E-state index contributed by atoms with van der Waals surface area (Å²) in [6, 6.07) is 9.95. The van der Waals surface area contributed by atoms with Gasteiger partial charge in [-0.05, 0) is 30.5 Å². The highest BCUT2D eigenvalue weighted by atomic mass is 16.5. The largest absolute Gasteiger partial charge is 0.467 e. The van der Waals surface area contributed by atoms with Crippen LogP contribution >= 0.6 is 0 Å². The van der Waals surface area contributed by atoms with E-state index in [0.717, 1.165) is 29.7 Å². The molecule has 0 saturated carbocycles. The molecule has 3 heterocycles. The molecule has 5 heteroatoms. The van der Waals surface area contributed by atoms with Crippen molar-refractivity contribution in [2.45, 2.75) is 45.0 Å². The second-order valence-electron chi connectivity index (χ2n) is 6.62. The molecule has 2 aromatic rings. The molecule has 1 aromatic carbocycles. The van der Waals surface area contributed by atoms with Gasteiger partial charge in [0.1, 0.15) is 5.75 Å². The molecular weight excluding hydrogens is 302 g/mol. The van der Waals surface area contributed by atoms with Gasteiger partial charge in [-0.15, -0.1) is 0 Å². The quantitative estimate of drug-likeness (QED) is 0.942. The first-order valence-corrected chi connectivity index (χ1v) is 8.38. The van der Waals surface area contributed by atoms with Crippen molar-refractivity contribution in [1.82, 2.24) is 15.2 Å². The first kappa shape index (κ1) is 15.0. The summed E-state index contributed by atoms with van der Waals surface area (Å²) in [6.45, 7) is 4.61. The third kappa shape index (κ3) is 2.31. The molecule has 2 unspecified atom stereocenters. The fourth-order valence-electron chi connectivity index (χ4n) is 3.68. The van der Waals surface area contributed by atoms with Gasteiger partial charge in [-0.2, -0.15) is 0 Å². The van der Waals surface area contributed by atoms with E-state index in [-0.39, 0.29) is 12.1 Å². The van der Waals surface area contributed by atoms with Crippen molar-refractivity contribution < 1.29 is 9.53 Å². The first-order chi connectivity index (χ1) is 11.6. The van der Waals surface area contributed by atoms with Crippen LogP contribution < -0.4 is 10.1 Å². The molecule has 4 rings (SSSR count). The van der Waals surface area contributed by atoms with E-state index in [1.807, 2.05) is 25.1 Å². The van der Waals surface area contributed by atoms with Gasteiger partial charge in [0, 0.05) is 24.4 Å². The molecule has 0 aliphatic carbocycles. The number of urea groups is 1. The van der Waals surface area contributed by atoms with Crippen LogP contribution in [0.3, 0.4) is 0 Å². The van der Waals surface area contributed by atoms with Gasteiger partial charge in [0.25, 0.3) is 0 Å². The number of rotatable bonds is 3. The third-order valence-electron chi connectivity index (χ3n) is 4.97. The molecule has 2 aliphatic heterocycles. The molecular formula is C19H21N3O2. The fourth-order valence-corrected chi connectivity index (χ4v) is 3.68. The Morgan fingerprint density at radius 3 is 3.00 bits per heavy atom. The van der Waals surface area contributed by atoms with Crippen molar-refractivity contribution in [3.05, 3.63) is 59.4 Å². The van der Waals surface area contributed by atoms with Crippen LogP contribution in [0.15, 0.2) is 42.7 Å². The van der Waals surface area contributed by atoms with Gasteiger partial charge >= 0.3 is 6.03 Å². The number of benzene rings is 1. The van der Waals surface area contributed by atoms with Gasteiger partial charge in [-0.25, -0.2) is 4.79 Å². The van der Waals surface area contributed by atoms with Crippen LogP contribution in [0.25, 0.3) is 0 Å². The van der Waals surface area contributed by atoms with Crippen LogP contribution in [0, 0.1) is 0 Å². The smallest absolute Gasteiger partial charge is 0.321 e. The van der Waals surface area contributed by atoms with Crippen molar-refractivity contribution in [3.8, 4) is 5.75 Å². The number of para-hydroxylation sites is 1. The number of fused-ring (bicyclic) bond motifs is 4. The SMILES string of the molecule is CCc1cccc2c1OC1(C)CC2NC(=O)N1Cc1cccnc1. The average Bonchev–Trinajstić information content (AvgIpc) is 2.59. The lowest BCUT2D eigenvalue weighted by atomic mass is 9.88. The van der Waals surface area contributed by atoms with E-state index in [2.05, 4.69) is 29.4 Å². The zero-order chi connectivity index (χ0) is 16.7. The van der Waals surface area contributed by atoms with Crippen molar-refractivity contribution in [2.24, 2.45) is 0 Å². The summed E-state index contributed by atoms with van der Waals surface area (Å²) < 4.78 is 6.41. The Morgan fingerprint density at radius 1 is 1.38 bits per heavy atom. The number of hydrogen-bond donors (Lipinski definition) is 1. The molecule has 24 heavy (non-hydrogen) atoms. The Bertz CT molecular complexity index is 777. The zero-order valence-electron chi connectivity index (χ0n) is 14.0. The highest BCUT2D eigenvalue weighted by Gasteiger charge is 2.49. The normalized spacial score (nSPS) is 24.8. The Morgan fingerprint density at radius 2 is 2.25 bits per heavy atom. The van der Waals surface area contributed by atoms with Gasteiger partial charge in [0.15, 0.2) is 5.72 Å². The number of carbonyl (C=O) groups excluding carboxylic acids is 1. The Balaban J connectivity index is 1.72. The fraction of sp³-hybridized carbons (Fsp3) is 0.368. The predicted octanol–water partition coefficient (Wildman–Crippen LogP) is 3.41. The van der Waals surface area contributed by atoms with Crippen molar-refractivity contribution in [2.75, 3.05) is 0 Å². The highest BCUT2D eigenvalue weighted by molar-refractivity contribution is 5.77. The molecule has 0 radical (unpaired) electrons. The van der Waals surface area contributed by atoms with Gasteiger partial charge in [0.2, 0.25) is 0 Å². The van der Waals surface area contributed by atoms with Crippen LogP contribution in [0.4, 0.5) is 4.79 Å². The van der Waals surface area contributed by atoms with Crippen LogP contribution in [0.5, 0.6) is 5.75 Å². The molecule has 1 N–H and O–H groups in total. The molecule has 1 fully saturated rings. The molecule has 124 valence electrons. The Hall–Kier alpha value is -2.56. The lowest BCUT2D eigenvalue weighted by Gasteiger charge is -2.51. The second kappa shape index (κ2) is 5.51. The third-order valence-corrected chi connectivity index (χ3v) is 4.97. The van der Waals surface area contributed by atoms with Crippen LogP contribution in [-0.2, 0) is 13.0 Å². The summed E-state index contributed by atoms with van der Waals surface area (Å²) in [5.74, 6) is 0.926. The van der Waals surface area contributed by atoms with E-state index in [9.17, 15) is 4.79 Å². The number of pyridine rings is 1. The number of aryl methyl sites for hydroxylation is 1. The average molecular weight is 323 g/mol. The number of amides is 2. The number of ether oxygens (including phenoxy) is 1. The Kier molecular flexibility index (Phi) is 3.44. The number of nitrogens with zero attached hydrogens (tertiary/aromatic N) is 2. The minimum Gasteiger partial charge on any atom is -0.467 e. The maximum Gasteiger partial charge on any atom is 0.321 e. The number of carbonyl (C=O) groups is 1. The van der Waals surface area contributed by atoms with E-state index in [4.69, 9.17) is 4.74 Å². The lowest BCUT2D eigenvalue weighted by Crippen LogP contribution is -2.64. The standard InChI is InChI=1S/C19H21N3O2/c1-3-14-7-4-8-15-16-10-19(2,24-17(14)15)22(18(23)21-16)12-13-6-5-9-20-11-13/h4-9,11,16H,3,10,12H2,1-2H3,(H,21,23). The Labute approximate surface area is 141 Å². The van der Waals surface area contributed by atoms with Gasteiger partial charge in [0.05, 0.1) is 12.6 Å². The molecule has 2 amide bonds. The molecule has 2 aliphatic rings. The summed E-state index contributed by atoms with van der Waals surface area (Å²) in [4.78, 5) is 18.6. The minimum atomic E-state index is -0.652. The van der Waals surface area contributed by atoms with Crippen molar-refractivity contribution in [1.29, 1.82) is 0 Å². The van der Waals surface area contributed by atoms with Crippen molar-refractivity contribution >= 4 is 6.03 Å². The molecule has 2 bridgehead atoms. The highest BCUT2D eigenvalue weighted by Crippen LogP contribution is 2.45. The van der Waals surface area contributed by atoms with E-state index >= 15 is 0 Å². The topological polar surface area (TPSA) is 54.5 Å². The summed E-state index contributed by atoms with van der Waals surface area (Å²) in [5.41, 5.74) is 2.61. The predicted molar refractivity (Wildman–Crippen MR) is 90.5 cm³/mol. The van der Waals surface area contributed by atoms with Crippen molar-refractivity contribution in [3.63, 3.8) is 0 Å². The van der Waals surface area contributed by atoms with Crippen LogP contribution in [-0.4, -0.2) is 21.6 Å². The monoisotopic (exact) mass is 323 g/mol. The summed E-state index contributed by atoms with van der Waals surface area (Å²) in [6.07, 6.45) is 5.16. The number of aromatic nitrogens is 1. The molecule has 1 saturated heterocycles. The van der Waals surface area contributed by atoms with E-state index in [1.54, 1.807) is 17.3 Å². The molecule has 2 atom stereocenters. The second-order valence-corrected chi connectivity index (χ2v) is 6.62. The van der Waals surface area contributed by atoms with Crippen LogP contribution in [0.2, 0.25) is 0 Å². The summed E-state index contributed by atoms with van der Waals surface area (Å²) in [5, 5.41) is 3.14. The number of hydrogen-bond acceptors (Lipinski definition) is 3. The molecule has 0 spiro atoms. The summed E-state index contributed by atoms with van der Waals surface area (Å²) in [7, 11) is 0. The zero-order valence-corrected chi connectivity index (χ0v) is 14.0. The van der Waals surface area contributed by atoms with E-state index in [1.165, 1.54) is 5.56 Å². The van der Waals surface area contributed by atoms with Crippen LogP contribution in [0.1, 0.15) is 43.0 Å². The van der Waals surface area contributed by atoms with Gasteiger partial charge < -0.3 is 10.1 Å². The lowest BCUT2D eigenvalue weighted by molar-refractivity contribution is -0.0885. The maximum absolute atomic E-state index is 12.7. The van der Waals surface area contributed by atoms with Gasteiger partial charge in [-0.1, -0.05) is 31.2 Å². The van der Waals surface area contributed by atoms with E-state index in [0.29, 0.717) is 6.54 Å². The first-order valence-electron chi connectivity index (χ1n) is 8.38. The minimum absolute atomic E-state index is 0.00268. The molecule has 1 aromatic heterocycles. The summed E-state index contributed by atoms with van der Waals surface area (Å²) >= 11 is 0. The number of nitrogens with one attached hydrogen (secondary N) is 1. The maximum atomic E-state index is 12.7. The van der Waals surface area contributed by atoms with E-state index < -0.39 is 5.72 Å². The molecule has 5 nitrogen and oxygen atoms in total. The van der Waals surface area contributed by atoms with Gasteiger partial charge in [-0.3, -0.25) is 9.88 Å².